The molecular formula is C36H38F4N2O3. The molecule has 1 aliphatic carbocycles. The number of aromatic nitrogens is 1. The molecule has 3 unspecified atom stereocenters. The zero-order chi connectivity index (χ0) is 32.2. The Bertz CT molecular complexity index is 1700. The van der Waals surface area contributed by atoms with Crippen LogP contribution in [-0.2, 0) is 4.79 Å². The third kappa shape index (κ3) is 7.14. The van der Waals surface area contributed by atoms with E-state index >= 15 is 4.39 Å². The molecule has 1 heterocycles. The van der Waals surface area contributed by atoms with Gasteiger partial charge in [0.1, 0.15) is 11.1 Å². The van der Waals surface area contributed by atoms with Gasteiger partial charge in [0.15, 0.2) is 18.2 Å². The van der Waals surface area contributed by atoms with Gasteiger partial charge in [-0.3, -0.25) is 10.1 Å². The van der Waals surface area contributed by atoms with Gasteiger partial charge in [-0.25, -0.2) is 9.37 Å². The molecule has 3 aromatic carbocycles. The highest BCUT2D eigenvalue weighted by atomic mass is 19.4. The van der Waals surface area contributed by atoms with Crippen molar-refractivity contribution in [3.63, 3.8) is 0 Å². The van der Waals surface area contributed by atoms with Crippen molar-refractivity contribution in [1.82, 2.24) is 10.3 Å². The fraction of sp³-hybridized carbons (Fsp3) is 0.389. The SMILES string of the molecule is CCCCCCCCC(NC1C=Cc2ccccc21)(C(=O)O)C(C)c1ccc2cc3ccc(OCC(F)(F)F)c(F)c3nc2c1. The zero-order valence-electron chi connectivity index (χ0n) is 25.5. The molecule has 0 spiro atoms. The third-order valence-corrected chi connectivity index (χ3v) is 8.86. The largest absolute Gasteiger partial charge is 0.481 e. The number of fused-ring (bicyclic) bond motifs is 3. The fourth-order valence-electron chi connectivity index (χ4n) is 6.29. The molecular weight excluding hydrogens is 584 g/mol. The molecule has 4 aromatic rings. The second kappa shape index (κ2) is 13.6. The van der Waals surface area contributed by atoms with Crippen LogP contribution in [0.25, 0.3) is 27.9 Å². The number of carboxylic acids is 1. The van der Waals surface area contributed by atoms with Gasteiger partial charge < -0.3 is 9.84 Å². The number of alkyl halides is 3. The number of carboxylic acid groups (broad SMARTS) is 1. The summed E-state index contributed by atoms with van der Waals surface area (Å²) >= 11 is 0. The van der Waals surface area contributed by atoms with Gasteiger partial charge >= 0.3 is 12.1 Å². The number of hydrogen-bond donors (Lipinski definition) is 2. The van der Waals surface area contributed by atoms with E-state index in [4.69, 9.17) is 4.74 Å². The fourth-order valence-corrected chi connectivity index (χ4v) is 6.29. The van der Waals surface area contributed by atoms with E-state index in [9.17, 15) is 23.1 Å². The van der Waals surface area contributed by atoms with Gasteiger partial charge in [0.05, 0.1) is 11.6 Å². The number of unbranched alkanes of at least 4 members (excludes halogenated alkanes) is 5. The molecule has 0 saturated heterocycles. The van der Waals surface area contributed by atoms with Crippen LogP contribution in [0, 0.1) is 5.82 Å². The summed E-state index contributed by atoms with van der Waals surface area (Å²) < 4.78 is 58.1. The molecule has 0 amide bonds. The standard InChI is InChI=1S/C36H38F4N2O3/c1-3-4-5-6-7-10-19-35(34(43)44,42-29-17-15-24-11-8-9-12-28(24)29)23(2)25-13-14-26-20-27-16-18-31(45-22-36(38,39)40)32(37)33(27)41-30(26)21-25/h8-9,11-18,20-21,23,29,42H,3-7,10,19,22H2,1-2H3,(H,43,44). The monoisotopic (exact) mass is 622 g/mol. The molecule has 0 aliphatic heterocycles. The summed E-state index contributed by atoms with van der Waals surface area (Å²) in [5, 5.41) is 15.5. The van der Waals surface area contributed by atoms with Crippen LogP contribution in [0.2, 0.25) is 0 Å². The van der Waals surface area contributed by atoms with Crippen LogP contribution in [0.5, 0.6) is 5.75 Å². The summed E-state index contributed by atoms with van der Waals surface area (Å²) in [6, 6.07) is 17.4. The summed E-state index contributed by atoms with van der Waals surface area (Å²) in [6.07, 6.45) is 5.86. The Labute approximate surface area is 260 Å². The predicted octanol–water partition coefficient (Wildman–Crippen LogP) is 9.50. The Morgan fingerprint density at radius 2 is 1.73 bits per heavy atom. The summed E-state index contributed by atoms with van der Waals surface area (Å²) in [6.45, 7) is 2.42. The quantitative estimate of drug-likeness (QED) is 0.0833. The highest BCUT2D eigenvalue weighted by Gasteiger charge is 2.45. The zero-order valence-corrected chi connectivity index (χ0v) is 25.5. The van der Waals surface area contributed by atoms with Crippen LogP contribution in [0.15, 0.2) is 66.7 Å². The number of ether oxygens (including phenoxy) is 1. The van der Waals surface area contributed by atoms with Crippen molar-refractivity contribution >= 4 is 33.9 Å². The van der Waals surface area contributed by atoms with E-state index < -0.39 is 41.8 Å². The Hall–Kier alpha value is -3.98. The number of carbonyl (C=O) groups is 1. The van der Waals surface area contributed by atoms with Crippen LogP contribution >= 0.6 is 0 Å². The maximum absolute atomic E-state index is 15.3. The molecule has 0 fully saturated rings. The number of aliphatic carboxylic acids is 1. The van der Waals surface area contributed by atoms with E-state index in [1.54, 1.807) is 12.1 Å². The minimum Gasteiger partial charge on any atom is -0.481 e. The van der Waals surface area contributed by atoms with E-state index in [1.165, 1.54) is 6.07 Å². The van der Waals surface area contributed by atoms with Crippen molar-refractivity contribution in [2.45, 2.75) is 82.5 Å². The summed E-state index contributed by atoms with van der Waals surface area (Å²) in [7, 11) is 0. The number of nitrogens with zero attached hydrogens (tertiary/aromatic N) is 1. The normalized spacial score (nSPS) is 16.5. The first-order valence-electron chi connectivity index (χ1n) is 15.5. The Kier molecular flexibility index (Phi) is 9.77. The van der Waals surface area contributed by atoms with Crippen molar-refractivity contribution < 1.29 is 32.2 Å². The number of nitrogens with one attached hydrogen (secondary N) is 1. The van der Waals surface area contributed by atoms with E-state index in [0.717, 1.165) is 55.7 Å². The number of rotatable bonds is 14. The lowest BCUT2D eigenvalue weighted by Gasteiger charge is -2.39. The average Bonchev–Trinajstić information content (AvgIpc) is 3.42. The minimum absolute atomic E-state index is 0.116. The first kappa shape index (κ1) is 32.4. The lowest BCUT2D eigenvalue weighted by molar-refractivity contribution is -0.153. The van der Waals surface area contributed by atoms with Crippen LogP contribution in [0.1, 0.15) is 87.4 Å². The van der Waals surface area contributed by atoms with Crippen LogP contribution < -0.4 is 10.1 Å². The van der Waals surface area contributed by atoms with Crippen molar-refractivity contribution in [2.75, 3.05) is 6.61 Å². The molecule has 1 aromatic heterocycles. The third-order valence-electron chi connectivity index (χ3n) is 8.86. The highest BCUT2D eigenvalue weighted by molar-refractivity contribution is 5.94. The molecule has 0 radical (unpaired) electrons. The van der Waals surface area contributed by atoms with Crippen molar-refractivity contribution in [3.8, 4) is 5.75 Å². The number of halogens is 4. The molecule has 238 valence electrons. The molecule has 5 rings (SSSR count). The Morgan fingerprint density at radius 3 is 2.49 bits per heavy atom. The predicted molar refractivity (Wildman–Crippen MR) is 169 cm³/mol. The smallest absolute Gasteiger partial charge is 0.422 e. The summed E-state index contributed by atoms with van der Waals surface area (Å²) in [5.74, 6) is -2.98. The molecule has 45 heavy (non-hydrogen) atoms. The van der Waals surface area contributed by atoms with E-state index in [0.29, 0.717) is 28.3 Å². The first-order chi connectivity index (χ1) is 21.5. The Morgan fingerprint density at radius 1 is 1.00 bits per heavy atom. The van der Waals surface area contributed by atoms with Gasteiger partial charge in [0.2, 0.25) is 0 Å². The van der Waals surface area contributed by atoms with Gasteiger partial charge in [-0.15, -0.1) is 0 Å². The second-order valence-corrected chi connectivity index (χ2v) is 11.9. The Balaban J connectivity index is 1.50. The lowest BCUT2D eigenvalue weighted by Crippen LogP contribution is -2.56. The van der Waals surface area contributed by atoms with E-state index in [2.05, 4.69) is 17.2 Å². The van der Waals surface area contributed by atoms with E-state index in [-0.39, 0.29) is 11.6 Å². The summed E-state index contributed by atoms with van der Waals surface area (Å²) in [4.78, 5) is 17.8. The first-order valence-corrected chi connectivity index (χ1v) is 15.5. The van der Waals surface area contributed by atoms with Gasteiger partial charge in [-0.2, -0.15) is 13.2 Å². The molecule has 3 atom stereocenters. The van der Waals surface area contributed by atoms with Crippen molar-refractivity contribution in [1.29, 1.82) is 0 Å². The molecule has 2 N–H and O–H groups in total. The van der Waals surface area contributed by atoms with Crippen LogP contribution in [0.4, 0.5) is 17.6 Å². The second-order valence-electron chi connectivity index (χ2n) is 11.9. The molecule has 9 heteroatoms. The highest BCUT2D eigenvalue weighted by Crippen LogP contribution is 2.39. The summed E-state index contributed by atoms with van der Waals surface area (Å²) in [5.41, 5.74) is 1.73. The van der Waals surface area contributed by atoms with Crippen molar-refractivity contribution in [2.24, 2.45) is 0 Å². The van der Waals surface area contributed by atoms with Crippen LogP contribution in [0.3, 0.4) is 0 Å². The average molecular weight is 623 g/mol. The number of hydrogen-bond acceptors (Lipinski definition) is 4. The topological polar surface area (TPSA) is 71.5 Å². The molecule has 1 aliphatic rings. The molecule has 0 bridgehead atoms. The lowest BCUT2D eigenvalue weighted by atomic mass is 9.75. The minimum atomic E-state index is -4.61. The maximum atomic E-state index is 15.3. The van der Waals surface area contributed by atoms with Crippen molar-refractivity contribution in [3.05, 3.63) is 89.2 Å². The van der Waals surface area contributed by atoms with Crippen LogP contribution in [-0.4, -0.2) is 34.4 Å². The van der Waals surface area contributed by atoms with E-state index in [1.807, 2.05) is 55.5 Å². The number of pyridine rings is 1. The van der Waals surface area contributed by atoms with Gasteiger partial charge in [-0.05, 0) is 47.4 Å². The number of benzene rings is 3. The van der Waals surface area contributed by atoms with Gasteiger partial charge in [-0.1, -0.05) is 101 Å². The molecule has 0 saturated carbocycles. The maximum Gasteiger partial charge on any atom is 0.422 e. The van der Waals surface area contributed by atoms with Gasteiger partial charge in [0.25, 0.3) is 0 Å². The molecule has 5 nitrogen and oxygen atoms in total. The van der Waals surface area contributed by atoms with Gasteiger partial charge in [0, 0.05) is 16.7 Å².